The lowest BCUT2D eigenvalue weighted by atomic mass is 9.92. The second-order valence-corrected chi connectivity index (χ2v) is 7.31. The van der Waals surface area contributed by atoms with Crippen LogP contribution in [0.15, 0.2) is 36.4 Å². The minimum Gasteiger partial charge on any atom is -0.507 e. The number of amides is 2. The van der Waals surface area contributed by atoms with Crippen LogP contribution in [0.1, 0.15) is 35.3 Å². The molecule has 1 heterocycles. The molecule has 0 unspecified atom stereocenters. The lowest BCUT2D eigenvalue weighted by molar-refractivity contribution is -0.126. The van der Waals surface area contributed by atoms with E-state index >= 15 is 0 Å². The second kappa shape index (κ2) is 7.48. The molecule has 2 amide bonds. The van der Waals surface area contributed by atoms with Gasteiger partial charge in [0.05, 0.1) is 10.6 Å². The highest BCUT2D eigenvalue weighted by atomic mass is 35.5. The van der Waals surface area contributed by atoms with Crippen LogP contribution in [-0.4, -0.2) is 39.0 Å². The fraction of sp³-hybridized carbons (Fsp3) is 0.300. The molecule has 1 aliphatic heterocycles. The van der Waals surface area contributed by atoms with Crippen LogP contribution in [-0.2, 0) is 17.8 Å². The highest BCUT2D eigenvalue weighted by Crippen LogP contribution is 2.33. The van der Waals surface area contributed by atoms with Crippen LogP contribution < -0.4 is 5.32 Å². The number of carbonyl (C=O) groups excluding carboxylic acids is 2. The zero-order chi connectivity index (χ0) is 19.7. The number of aromatic hydroxyl groups is 2. The summed E-state index contributed by atoms with van der Waals surface area (Å²) in [5.41, 5.74) is 1.90. The molecule has 27 heavy (non-hydrogen) atoms. The fourth-order valence-corrected chi connectivity index (χ4v) is 3.39. The van der Waals surface area contributed by atoms with E-state index < -0.39 is 11.9 Å². The van der Waals surface area contributed by atoms with E-state index in [1.54, 1.807) is 0 Å². The first-order valence-electron chi connectivity index (χ1n) is 8.67. The molecule has 0 bridgehead atoms. The number of halogens is 1. The Morgan fingerprint density at radius 2 is 1.81 bits per heavy atom. The van der Waals surface area contributed by atoms with E-state index in [4.69, 9.17) is 11.6 Å². The van der Waals surface area contributed by atoms with E-state index in [2.05, 4.69) is 5.32 Å². The first-order valence-corrected chi connectivity index (χ1v) is 9.05. The summed E-state index contributed by atoms with van der Waals surface area (Å²) in [4.78, 5) is 27.3. The maximum absolute atomic E-state index is 13.1. The Morgan fingerprint density at radius 3 is 2.48 bits per heavy atom. The predicted molar refractivity (Wildman–Crippen MR) is 102 cm³/mol. The van der Waals surface area contributed by atoms with Crippen molar-refractivity contribution in [1.82, 2.24) is 10.2 Å². The Balaban J connectivity index is 2.00. The van der Waals surface area contributed by atoms with Crippen LogP contribution in [0.5, 0.6) is 11.5 Å². The second-order valence-electron chi connectivity index (χ2n) is 6.91. The number of nitrogens with zero attached hydrogens (tertiary/aromatic N) is 1. The molecule has 6 nitrogen and oxygen atoms in total. The van der Waals surface area contributed by atoms with Gasteiger partial charge in [-0.15, -0.1) is 0 Å². The van der Waals surface area contributed by atoms with Crippen molar-refractivity contribution in [2.24, 2.45) is 0 Å². The van der Waals surface area contributed by atoms with Crippen LogP contribution in [0.4, 0.5) is 0 Å². The smallest absolute Gasteiger partial charge is 0.258 e. The monoisotopic (exact) mass is 388 g/mol. The predicted octanol–water partition coefficient (Wildman–Crippen LogP) is 2.84. The molecular formula is C20H21ClN2O4. The Labute approximate surface area is 162 Å². The van der Waals surface area contributed by atoms with Crippen molar-refractivity contribution in [3.63, 3.8) is 0 Å². The van der Waals surface area contributed by atoms with Gasteiger partial charge in [-0.2, -0.15) is 0 Å². The van der Waals surface area contributed by atoms with Crippen molar-refractivity contribution >= 4 is 23.4 Å². The summed E-state index contributed by atoms with van der Waals surface area (Å²) >= 11 is 5.91. The molecule has 3 rings (SSSR count). The Hall–Kier alpha value is -2.73. The summed E-state index contributed by atoms with van der Waals surface area (Å²) in [5, 5.41) is 22.5. The Bertz CT molecular complexity index is 898. The Kier molecular flexibility index (Phi) is 5.28. The number of phenolic OH excluding ortho intramolecular Hbond substituents is 2. The van der Waals surface area contributed by atoms with Gasteiger partial charge in [-0.25, -0.2) is 0 Å². The molecule has 1 aliphatic rings. The van der Waals surface area contributed by atoms with Crippen molar-refractivity contribution in [3.05, 3.63) is 58.1 Å². The van der Waals surface area contributed by atoms with Gasteiger partial charge in [-0.1, -0.05) is 35.9 Å². The third-order valence-electron chi connectivity index (χ3n) is 4.54. The standard InChI is InChI=1S/C20H21ClN2O4/c1-11(2)22-19(26)16-7-12-5-3-4-6-13(12)10-23(16)20(27)14-8-15(21)18(25)9-17(14)24/h3-6,8-9,11,16,24-25H,7,10H2,1-2H3,(H,22,26)/t16-/m0/s1. The maximum atomic E-state index is 13.1. The molecule has 142 valence electrons. The van der Waals surface area contributed by atoms with Gasteiger partial charge in [-0.05, 0) is 31.0 Å². The lowest BCUT2D eigenvalue weighted by Crippen LogP contribution is -2.53. The first kappa shape index (κ1) is 19.0. The summed E-state index contributed by atoms with van der Waals surface area (Å²) in [5.74, 6) is -1.47. The number of phenols is 2. The largest absolute Gasteiger partial charge is 0.507 e. The molecule has 2 aromatic carbocycles. The van der Waals surface area contributed by atoms with Gasteiger partial charge >= 0.3 is 0 Å². The minimum absolute atomic E-state index is 0.0447. The highest BCUT2D eigenvalue weighted by molar-refractivity contribution is 6.32. The fourth-order valence-electron chi connectivity index (χ4n) is 3.23. The van der Waals surface area contributed by atoms with Crippen LogP contribution in [0.25, 0.3) is 0 Å². The normalized spacial score (nSPS) is 16.1. The molecule has 3 N–H and O–H groups in total. The van der Waals surface area contributed by atoms with E-state index in [-0.39, 0.29) is 40.6 Å². The van der Waals surface area contributed by atoms with Crippen LogP contribution in [0.2, 0.25) is 5.02 Å². The van der Waals surface area contributed by atoms with Gasteiger partial charge in [0, 0.05) is 25.1 Å². The van der Waals surface area contributed by atoms with Crippen LogP contribution >= 0.6 is 11.6 Å². The third kappa shape index (κ3) is 3.85. The lowest BCUT2D eigenvalue weighted by Gasteiger charge is -2.36. The van der Waals surface area contributed by atoms with Gasteiger partial charge in [0.1, 0.15) is 17.5 Å². The van der Waals surface area contributed by atoms with Crippen LogP contribution in [0.3, 0.4) is 0 Å². The summed E-state index contributed by atoms with van der Waals surface area (Å²) in [6.45, 7) is 3.95. The molecule has 7 heteroatoms. The molecule has 1 atom stereocenters. The van der Waals surface area contributed by atoms with Gasteiger partial charge in [0.25, 0.3) is 5.91 Å². The maximum Gasteiger partial charge on any atom is 0.258 e. The van der Waals surface area contributed by atoms with Gasteiger partial charge in [0.15, 0.2) is 0 Å². The summed E-state index contributed by atoms with van der Waals surface area (Å²) < 4.78 is 0. The SMILES string of the molecule is CC(C)NC(=O)[C@@H]1Cc2ccccc2CN1C(=O)c1cc(Cl)c(O)cc1O. The van der Waals surface area contributed by atoms with E-state index in [0.29, 0.717) is 6.42 Å². The zero-order valence-corrected chi connectivity index (χ0v) is 15.8. The van der Waals surface area contributed by atoms with Crippen molar-refractivity contribution in [3.8, 4) is 11.5 Å². The number of rotatable bonds is 3. The average molecular weight is 389 g/mol. The molecule has 0 saturated heterocycles. The number of nitrogens with one attached hydrogen (secondary N) is 1. The molecule has 0 radical (unpaired) electrons. The highest BCUT2D eigenvalue weighted by Gasteiger charge is 2.36. The van der Waals surface area contributed by atoms with Crippen LogP contribution in [0, 0.1) is 0 Å². The molecule has 2 aromatic rings. The minimum atomic E-state index is -0.707. The summed E-state index contributed by atoms with van der Waals surface area (Å²) in [6, 6.07) is 9.11. The molecule has 0 fully saturated rings. The summed E-state index contributed by atoms with van der Waals surface area (Å²) in [7, 11) is 0. The topological polar surface area (TPSA) is 89.9 Å². The Morgan fingerprint density at radius 1 is 1.15 bits per heavy atom. The van der Waals surface area contributed by atoms with Gasteiger partial charge < -0.3 is 20.4 Å². The van der Waals surface area contributed by atoms with E-state index in [0.717, 1.165) is 17.2 Å². The van der Waals surface area contributed by atoms with Gasteiger partial charge in [-0.3, -0.25) is 9.59 Å². The molecule has 0 saturated carbocycles. The van der Waals surface area contributed by atoms with Crippen molar-refractivity contribution in [1.29, 1.82) is 0 Å². The first-order chi connectivity index (χ1) is 12.8. The number of hydrogen-bond donors (Lipinski definition) is 3. The molecule has 0 spiro atoms. The van der Waals surface area contributed by atoms with E-state index in [1.807, 2.05) is 38.1 Å². The molecular weight excluding hydrogens is 368 g/mol. The number of carbonyl (C=O) groups is 2. The van der Waals surface area contributed by atoms with E-state index in [1.165, 1.54) is 11.0 Å². The quantitative estimate of drug-likeness (QED) is 0.754. The van der Waals surface area contributed by atoms with Crippen molar-refractivity contribution < 1.29 is 19.8 Å². The zero-order valence-electron chi connectivity index (χ0n) is 15.1. The number of fused-ring (bicyclic) bond motifs is 1. The number of hydrogen-bond acceptors (Lipinski definition) is 4. The molecule has 0 aromatic heterocycles. The number of benzene rings is 2. The molecule has 0 aliphatic carbocycles. The third-order valence-corrected chi connectivity index (χ3v) is 4.84. The summed E-state index contributed by atoms with van der Waals surface area (Å²) in [6.07, 6.45) is 0.382. The van der Waals surface area contributed by atoms with E-state index in [9.17, 15) is 19.8 Å². The average Bonchev–Trinajstić information content (AvgIpc) is 2.62. The van der Waals surface area contributed by atoms with Crippen molar-refractivity contribution in [2.45, 2.75) is 38.9 Å². The van der Waals surface area contributed by atoms with Crippen molar-refractivity contribution in [2.75, 3.05) is 0 Å². The van der Waals surface area contributed by atoms with Gasteiger partial charge in [0.2, 0.25) is 5.91 Å².